The van der Waals surface area contributed by atoms with Gasteiger partial charge in [0.1, 0.15) is 5.76 Å². The molecule has 0 spiro atoms. The lowest BCUT2D eigenvalue weighted by molar-refractivity contribution is 0.0973. The normalized spacial score (nSPS) is 11.2. The van der Waals surface area contributed by atoms with Crippen LogP contribution in [0.15, 0.2) is 10.6 Å². The molecule has 1 amide bonds. The van der Waals surface area contributed by atoms with Crippen LogP contribution in [0.25, 0.3) is 0 Å². The number of nitrogens with zero attached hydrogens (tertiary/aromatic N) is 1. The molecule has 13 heavy (non-hydrogen) atoms. The number of amides is 1. The van der Waals surface area contributed by atoms with Gasteiger partial charge in [0.05, 0.1) is 6.26 Å². The highest BCUT2D eigenvalue weighted by Gasteiger charge is 2.14. The lowest BCUT2D eigenvalue weighted by atomic mass is 10.4. The van der Waals surface area contributed by atoms with E-state index in [-0.39, 0.29) is 5.69 Å². The molecule has 0 unspecified atom stereocenters. The van der Waals surface area contributed by atoms with Crippen LogP contribution in [-0.4, -0.2) is 25.7 Å². The van der Waals surface area contributed by atoms with E-state index in [1.807, 2.05) is 0 Å². The number of hydrogen-bond acceptors (Lipinski definition) is 5. The Labute approximate surface area is 75.0 Å². The quantitative estimate of drug-likeness (QED) is 0.712. The molecule has 1 aromatic rings. The minimum Gasteiger partial charge on any atom is -0.361 e. The largest absolute Gasteiger partial charge is 0.361 e. The molecule has 1 aromatic heterocycles. The van der Waals surface area contributed by atoms with Crippen LogP contribution in [-0.2, 0) is 10.0 Å². The summed E-state index contributed by atoms with van der Waals surface area (Å²) < 4.78 is 27.6. The van der Waals surface area contributed by atoms with E-state index in [2.05, 4.69) is 9.68 Å². The number of hydrogen-bond donors (Lipinski definition) is 1. The van der Waals surface area contributed by atoms with Gasteiger partial charge in [0.15, 0.2) is 5.69 Å². The number of carbonyl (C=O) groups is 1. The molecule has 0 radical (unpaired) electrons. The minimum atomic E-state index is -3.54. The van der Waals surface area contributed by atoms with Crippen LogP contribution in [0.1, 0.15) is 16.2 Å². The molecule has 0 aliphatic rings. The second-order valence-corrected chi connectivity index (χ2v) is 4.27. The lowest BCUT2D eigenvalue weighted by Gasteiger charge is -1.96. The number of aromatic nitrogens is 1. The molecule has 0 aliphatic heterocycles. The fraction of sp³-hybridized carbons (Fsp3) is 0.333. The Hall–Kier alpha value is -1.37. The maximum absolute atomic E-state index is 11.1. The van der Waals surface area contributed by atoms with E-state index in [1.54, 1.807) is 11.6 Å². The van der Waals surface area contributed by atoms with E-state index < -0.39 is 15.9 Å². The zero-order valence-corrected chi connectivity index (χ0v) is 7.88. The first-order valence-electron chi connectivity index (χ1n) is 3.34. The van der Waals surface area contributed by atoms with E-state index >= 15 is 0 Å². The first kappa shape index (κ1) is 9.72. The van der Waals surface area contributed by atoms with Gasteiger partial charge in [-0.2, -0.15) is 0 Å². The van der Waals surface area contributed by atoms with Crippen LogP contribution in [0.5, 0.6) is 0 Å². The third-order valence-electron chi connectivity index (χ3n) is 1.14. The summed E-state index contributed by atoms with van der Waals surface area (Å²) >= 11 is 0. The molecule has 0 aromatic carbocycles. The smallest absolute Gasteiger partial charge is 0.286 e. The number of sulfonamides is 1. The van der Waals surface area contributed by atoms with Gasteiger partial charge in [-0.25, -0.2) is 13.1 Å². The number of aryl methyl sites for hydroxylation is 1. The molecule has 0 bridgehead atoms. The summed E-state index contributed by atoms with van der Waals surface area (Å²) in [7, 11) is -3.54. The average Bonchev–Trinajstić information content (AvgIpc) is 2.31. The highest BCUT2D eigenvalue weighted by Crippen LogP contribution is 2.01. The first-order chi connectivity index (χ1) is 5.88. The Bertz CT molecular complexity index is 420. The van der Waals surface area contributed by atoms with Crippen molar-refractivity contribution in [1.29, 1.82) is 0 Å². The molecule has 1 heterocycles. The van der Waals surface area contributed by atoms with Crippen molar-refractivity contribution in [3.8, 4) is 0 Å². The Morgan fingerprint density at radius 3 is 2.62 bits per heavy atom. The molecule has 0 atom stereocenters. The fourth-order valence-corrected chi connectivity index (χ4v) is 1.14. The predicted molar refractivity (Wildman–Crippen MR) is 43.6 cm³/mol. The van der Waals surface area contributed by atoms with Gasteiger partial charge >= 0.3 is 0 Å². The molecule has 0 aliphatic carbocycles. The Morgan fingerprint density at radius 2 is 2.23 bits per heavy atom. The minimum absolute atomic E-state index is 0.0528. The van der Waals surface area contributed by atoms with Crippen LogP contribution < -0.4 is 4.72 Å². The monoisotopic (exact) mass is 204 g/mol. The summed E-state index contributed by atoms with van der Waals surface area (Å²) in [5, 5.41) is 3.35. The van der Waals surface area contributed by atoms with E-state index in [0.29, 0.717) is 5.76 Å². The molecular weight excluding hydrogens is 196 g/mol. The van der Waals surface area contributed by atoms with Gasteiger partial charge < -0.3 is 4.52 Å². The summed E-state index contributed by atoms with van der Waals surface area (Å²) in [5.41, 5.74) is -0.0528. The Balaban J connectivity index is 2.81. The maximum atomic E-state index is 11.1. The summed E-state index contributed by atoms with van der Waals surface area (Å²) in [5.74, 6) is -0.349. The van der Waals surface area contributed by atoms with Gasteiger partial charge in [-0.15, -0.1) is 0 Å². The number of rotatable bonds is 2. The highest BCUT2D eigenvalue weighted by atomic mass is 32.2. The summed E-state index contributed by atoms with van der Waals surface area (Å²) in [4.78, 5) is 11.1. The Morgan fingerprint density at radius 1 is 1.62 bits per heavy atom. The SMILES string of the molecule is Cc1cc(C(=O)NS(C)(=O)=O)no1. The molecular formula is C6H8N2O4S. The van der Waals surface area contributed by atoms with Crippen LogP contribution >= 0.6 is 0 Å². The van der Waals surface area contributed by atoms with Crippen molar-refractivity contribution >= 4 is 15.9 Å². The zero-order chi connectivity index (χ0) is 10.1. The van der Waals surface area contributed by atoms with Crippen molar-refractivity contribution in [3.05, 3.63) is 17.5 Å². The molecule has 0 saturated carbocycles. The standard InChI is InChI=1S/C6H8N2O4S/c1-4-3-5(7-12-4)6(9)8-13(2,10)11/h3H,1-2H3,(H,8,9). The maximum Gasteiger partial charge on any atom is 0.286 e. The van der Waals surface area contributed by atoms with E-state index in [0.717, 1.165) is 6.26 Å². The van der Waals surface area contributed by atoms with Crippen LogP contribution in [0.4, 0.5) is 0 Å². The topological polar surface area (TPSA) is 89.3 Å². The van der Waals surface area contributed by atoms with E-state index in [9.17, 15) is 13.2 Å². The molecule has 1 N–H and O–H groups in total. The molecule has 72 valence electrons. The Kier molecular flexibility index (Phi) is 2.37. The highest BCUT2D eigenvalue weighted by molar-refractivity contribution is 7.89. The summed E-state index contributed by atoms with van der Waals surface area (Å²) in [6, 6.07) is 1.35. The van der Waals surface area contributed by atoms with Crippen LogP contribution in [0.2, 0.25) is 0 Å². The molecule has 0 saturated heterocycles. The van der Waals surface area contributed by atoms with E-state index in [4.69, 9.17) is 0 Å². The van der Waals surface area contributed by atoms with Crippen LogP contribution in [0, 0.1) is 6.92 Å². The van der Waals surface area contributed by atoms with Crippen molar-refractivity contribution in [2.75, 3.05) is 6.26 Å². The van der Waals surface area contributed by atoms with Gasteiger partial charge in [0, 0.05) is 6.07 Å². The van der Waals surface area contributed by atoms with Crippen molar-refractivity contribution in [3.63, 3.8) is 0 Å². The fourth-order valence-electron chi connectivity index (χ4n) is 0.694. The summed E-state index contributed by atoms with van der Waals surface area (Å²) in [6.07, 6.45) is 0.887. The van der Waals surface area contributed by atoms with Crippen molar-refractivity contribution in [2.45, 2.75) is 6.92 Å². The molecule has 0 fully saturated rings. The molecule has 6 nitrogen and oxygen atoms in total. The van der Waals surface area contributed by atoms with Gasteiger partial charge in [-0.05, 0) is 6.92 Å². The number of nitrogens with one attached hydrogen (secondary N) is 1. The average molecular weight is 204 g/mol. The second-order valence-electron chi connectivity index (χ2n) is 2.53. The van der Waals surface area contributed by atoms with Gasteiger partial charge in [-0.3, -0.25) is 4.79 Å². The first-order valence-corrected chi connectivity index (χ1v) is 5.23. The summed E-state index contributed by atoms with van der Waals surface area (Å²) in [6.45, 7) is 1.60. The zero-order valence-electron chi connectivity index (χ0n) is 7.07. The van der Waals surface area contributed by atoms with Crippen molar-refractivity contribution < 1.29 is 17.7 Å². The lowest BCUT2D eigenvalue weighted by Crippen LogP contribution is -2.29. The molecule has 1 rings (SSSR count). The number of carbonyl (C=O) groups excluding carboxylic acids is 1. The molecule has 7 heteroatoms. The van der Waals surface area contributed by atoms with Gasteiger partial charge in [0.2, 0.25) is 10.0 Å². The third-order valence-corrected chi connectivity index (χ3v) is 1.69. The van der Waals surface area contributed by atoms with Crippen molar-refractivity contribution in [2.24, 2.45) is 0 Å². The van der Waals surface area contributed by atoms with Gasteiger partial charge in [0.25, 0.3) is 5.91 Å². The van der Waals surface area contributed by atoms with E-state index in [1.165, 1.54) is 6.07 Å². The third kappa shape index (κ3) is 2.86. The predicted octanol–water partition coefficient (Wildman–Crippen LogP) is -0.328. The van der Waals surface area contributed by atoms with Gasteiger partial charge in [-0.1, -0.05) is 5.16 Å². The van der Waals surface area contributed by atoms with Crippen LogP contribution in [0.3, 0.4) is 0 Å². The second kappa shape index (κ2) is 3.17. The van der Waals surface area contributed by atoms with Crippen molar-refractivity contribution in [1.82, 2.24) is 9.88 Å².